The zero-order valence-corrected chi connectivity index (χ0v) is 16.4. The van der Waals surface area contributed by atoms with Crippen LogP contribution in [0.3, 0.4) is 0 Å². The summed E-state index contributed by atoms with van der Waals surface area (Å²) in [5.41, 5.74) is 3.17. The average Bonchev–Trinajstić information content (AvgIpc) is 2.57. The molecule has 0 fully saturated rings. The van der Waals surface area contributed by atoms with Crippen molar-refractivity contribution in [2.75, 3.05) is 19.0 Å². The summed E-state index contributed by atoms with van der Waals surface area (Å²) < 4.78 is 12.0. The maximum atomic E-state index is 5.59. The highest BCUT2D eigenvalue weighted by Crippen LogP contribution is 2.28. The molecule has 0 radical (unpaired) electrons. The topological polar surface area (TPSA) is 42.5 Å². The molecule has 0 amide bonds. The van der Waals surface area contributed by atoms with Gasteiger partial charge in [-0.15, -0.1) is 0 Å². The van der Waals surface area contributed by atoms with Crippen molar-refractivity contribution >= 4 is 38.9 Å². The third-order valence-electron chi connectivity index (χ3n) is 3.40. The van der Waals surface area contributed by atoms with Crippen LogP contribution in [0.1, 0.15) is 18.1 Å². The molecule has 4 nitrogen and oxygen atoms in total. The number of hydrogen-bond donors (Lipinski definition) is 2. The number of hydrogen-bond acceptors (Lipinski definition) is 3. The van der Waals surface area contributed by atoms with Crippen LogP contribution in [0.2, 0.25) is 0 Å². The van der Waals surface area contributed by atoms with Crippen LogP contribution in [0.25, 0.3) is 0 Å². The highest BCUT2D eigenvalue weighted by atomic mass is 79.9. The SMILES string of the molecule is CCOc1cc(CNC(=S)Nc2ccc(Br)c(C)c2)ccc1OC. The average molecular weight is 409 g/mol. The molecule has 0 spiro atoms. The monoisotopic (exact) mass is 408 g/mol. The van der Waals surface area contributed by atoms with Gasteiger partial charge in [-0.2, -0.15) is 0 Å². The molecule has 0 aliphatic heterocycles. The van der Waals surface area contributed by atoms with Crippen LogP contribution < -0.4 is 20.1 Å². The molecule has 0 saturated heterocycles. The molecular formula is C18H21BrN2O2S. The van der Waals surface area contributed by atoms with E-state index in [9.17, 15) is 0 Å². The summed E-state index contributed by atoms with van der Waals surface area (Å²) in [6, 6.07) is 11.9. The number of rotatable bonds is 6. The van der Waals surface area contributed by atoms with Gasteiger partial charge < -0.3 is 20.1 Å². The fourth-order valence-corrected chi connectivity index (χ4v) is 2.62. The Morgan fingerprint density at radius 3 is 2.62 bits per heavy atom. The lowest BCUT2D eigenvalue weighted by atomic mass is 10.2. The van der Waals surface area contributed by atoms with Crippen LogP contribution in [0.15, 0.2) is 40.9 Å². The second-order valence-electron chi connectivity index (χ2n) is 5.19. The van der Waals surface area contributed by atoms with Crippen molar-refractivity contribution in [3.05, 3.63) is 52.0 Å². The van der Waals surface area contributed by atoms with Crippen LogP contribution in [0, 0.1) is 6.92 Å². The van der Waals surface area contributed by atoms with Gasteiger partial charge in [0.25, 0.3) is 0 Å². The molecule has 0 saturated carbocycles. The van der Waals surface area contributed by atoms with Crippen molar-refractivity contribution in [3.63, 3.8) is 0 Å². The molecule has 6 heteroatoms. The number of benzene rings is 2. The first-order valence-electron chi connectivity index (χ1n) is 7.64. The van der Waals surface area contributed by atoms with Gasteiger partial charge in [-0.05, 0) is 67.5 Å². The lowest BCUT2D eigenvalue weighted by Crippen LogP contribution is -2.27. The number of nitrogens with one attached hydrogen (secondary N) is 2. The minimum absolute atomic E-state index is 0.575. The molecule has 0 heterocycles. The number of aryl methyl sites for hydroxylation is 1. The summed E-state index contributed by atoms with van der Waals surface area (Å²) in [5.74, 6) is 1.47. The standard InChI is InChI=1S/C18H21BrN2O2S/c1-4-23-17-10-13(5-8-16(17)22-3)11-20-18(24)21-14-6-7-15(19)12(2)9-14/h5-10H,4,11H2,1-3H3,(H2,20,21,24). The van der Waals surface area contributed by atoms with Gasteiger partial charge in [-0.25, -0.2) is 0 Å². The van der Waals surface area contributed by atoms with Crippen molar-refractivity contribution in [2.24, 2.45) is 0 Å². The summed E-state index contributed by atoms with van der Waals surface area (Å²) in [4.78, 5) is 0. The molecular weight excluding hydrogens is 388 g/mol. The van der Waals surface area contributed by atoms with Crippen molar-refractivity contribution in [3.8, 4) is 11.5 Å². The Morgan fingerprint density at radius 1 is 1.17 bits per heavy atom. The molecule has 0 atom stereocenters. The second kappa shape index (κ2) is 8.89. The van der Waals surface area contributed by atoms with Gasteiger partial charge in [0.05, 0.1) is 13.7 Å². The van der Waals surface area contributed by atoms with Gasteiger partial charge >= 0.3 is 0 Å². The Kier molecular flexibility index (Phi) is 6.87. The van der Waals surface area contributed by atoms with Gasteiger partial charge in [-0.1, -0.05) is 22.0 Å². The van der Waals surface area contributed by atoms with E-state index in [2.05, 4.69) is 26.6 Å². The minimum Gasteiger partial charge on any atom is -0.493 e. The van der Waals surface area contributed by atoms with Gasteiger partial charge in [-0.3, -0.25) is 0 Å². The zero-order chi connectivity index (χ0) is 17.5. The van der Waals surface area contributed by atoms with E-state index in [1.54, 1.807) is 7.11 Å². The Bertz CT molecular complexity index is 722. The number of ether oxygens (including phenoxy) is 2. The maximum Gasteiger partial charge on any atom is 0.171 e. The van der Waals surface area contributed by atoms with Crippen LogP contribution in [0.4, 0.5) is 5.69 Å². The Labute approximate surface area is 156 Å². The molecule has 2 N–H and O–H groups in total. The molecule has 128 valence electrons. The molecule has 0 bridgehead atoms. The minimum atomic E-state index is 0.575. The molecule has 24 heavy (non-hydrogen) atoms. The summed E-state index contributed by atoms with van der Waals surface area (Å²) >= 11 is 8.84. The second-order valence-corrected chi connectivity index (χ2v) is 6.45. The van der Waals surface area contributed by atoms with Crippen LogP contribution >= 0.6 is 28.1 Å². The normalized spacial score (nSPS) is 10.2. The summed E-state index contributed by atoms with van der Waals surface area (Å²) in [6.45, 7) is 5.18. The largest absolute Gasteiger partial charge is 0.493 e. The third kappa shape index (κ3) is 5.11. The third-order valence-corrected chi connectivity index (χ3v) is 4.53. The van der Waals surface area contributed by atoms with Gasteiger partial charge in [0.15, 0.2) is 16.6 Å². The van der Waals surface area contributed by atoms with E-state index >= 15 is 0 Å². The predicted molar refractivity (Wildman–Crippen MR) is 106 cm³/mol. The Morgan fingerprint density at radius 2 is 1.96 bits per heavy atom. The quantitative estimate of drug-likeness (QED) is 0.680. The number of thiocarbonyl (C=S) groups is 1. The summed E-state index contributed by atoms with van der Waals surface area (Å²) in [7, 11) is 1.63. The Balaban J connectivity index is 1.95. The van der Waals surface area contributed by atoms with Gasteiger partial charge in [0.1, 0.15) is 0 Å². The highest BCUT2D eigenvalue weighted by Gasteiger charge is 2.06. The molecule has 2 rings (SSSR count). The maximum absolute atomic E-state index is 5.59. The van der Waals surface area contributed by atoms with Crippen molar-refractivity contribution in [1.29, 1.82) is 0 Å². The van der Waals surface area contributed by atoms with E-state index in [0.717, 1.165) is 32.8 Å². The molecule has 0 unspecified atom stereocenters. The van der Waals surface area contributed by atoms with E-state index in [1.807, 2.05) is 50.2 Å². The van der Waals surface area contributed by atoms with E-state index < -0.39 is 0 Å². The number of anilines is 1. The lowest BCUT2D eigenvalue weighted by Gasteiger charge is -2.14. The van der Waals surface area contributed by atoms with Crippen LogP contribution in [0.5, 0.6) is 11.5 Å². The van der Waals surface area contributed by atoms with Crippen molar-refractivity contribution in [1.82, 2.24) is 5.32 Å². The highest BCUT2D eigenvalue weighted by molar-refractivity contribution is 9.10. The summed E-state index contributed by atoms with van der Waals surface area (Å²) in [5, 5.41) is 6.96. The molecule has 0 aromatic heterocycles. The smallest absolute Gasteiger partial charge is 0.171 e. The molecule has 2 aromatic rings. The fraction of sp³-hybridized carbons (Fsp3) is 0.278. The first-order chi connectivity index (χ1) is 11.5. The van der Waals surface area contributed by atoms with E-state index in [0.29, 0.717) is 18.3 Å². The first-order valence-corrected chi connectivity index (χ1v) is 8.84. The van der Waals surface area contributed by atoms with Crippen molar-refractivity contribution < 1.29 is 9.47 Å². The van der Waals surface area contributed by atoms with Gasteiger partial charge in [0.2, 0.25) is 0 Å². The molecule has 0 aliphatic carbocycles. The fourth-order valence-electron chi connectivity index (χ4n) is 2.18. The number of halogens is 1. The van der Waals surface area contributed by atoms with E-state index in [4.69, 9.17) is 21.7 Å². The van der Waals surface area contributed by atoms with Gasteiger partial charge in [0, 0.05) is 16.7 Å². The lowest BCUT2D eigenvalue weighted by molar-refractivity contribution is 0.310. The van der Waals surface area contributed by atoms with Crippen LogP contribution in [-0.2, 0) is 6.54 Å². The van der Waals surface area contributed by atoms with Crippen molar-refractivity contribution in [2.45, 2.75) is 20.4 Å². The van der Waals surface area contributed by atoms with E-state index in [-0.39, 0.29) is 0 Å². The Hall–Kier alpha value is -1.79. The number of methoxy groups -OCH3 is 1. The molecule has 2 aromatic carbocycles. The zero-order valence-electron chi connectivity index (χ0n) is 14.0. The predicted octanol–water partition coefficient (Wildman–Crippen LogP) is 4.65. The molecule has 0 aliphatic rings. The first kappa shape index (κ1) is 18.5. The summed E-state index contributed by atoms with van der Waals surface area (Å²) in [6.07, 6.45) is 0. The van der Waals surface area contributed by atoms with Crippen LogP contribution in [-0.4, -0.2) is 18.8 Å². The van der Waals surface area contributed by atoms with E-state index in [1.165, 1.54) is 0 Å².